The van der Waals surface area contributed by atoms with Crippen LogP contribution in [0.4, 0.5) is 4.39 Å². The molecule has 24 heavy (non-hydrogen) atoms. The normalized spacial score (nSPS) is 17.5. The van der Waals surface area contributed by atoms with E-state index in [1.807, 2.05) is 4.90 Å². The molecule has 1 aliphatic heterocycles. The number of benzene rings is 1. The maximum absolute atomic E-state index is 13.4. The van der Waals surface area contributed by atoms with Crippen molar-refractivity contribution in [2.75, 3.05) is 19.7 Å². The predicted octanol–water partition coefficient (Wildman–Crippen LogP) is 3.09. The first-order chi connectivity index (χ1) is 11.6. The van der Waals surface area contributed by atoms with E-state index in [-0.39, 0.29) is 24.0 Å². The molecule has 1 saturated heterocycles. The minimum Gasteiger partial charge on any atom is -0.491 e. The minimum absolute atomic E-state index is 0.0622. The molecule has 6 heteroatoms. The summed E-state index contributed by atoms with van der Waals surface area (Å²) in [4.78, 5) is 24.7. The number of hydrogen-bond donors (Lipinski definition) is 1. The average molecular weight is 337 g/mol. The van der Waals surface area contributed by atoms with Gasteiger partial charge in [0, 0.05) is 25.9 Å². The van der Waals surface area contributed by atoms with Gasteiger partial charge in [-0.25, -0.2) is 4.39 Å². The fraction of sp³-hybridized carbons (Fsp3) is 0.556. The summed E-state index contributed by atoms with van der Waals surface area (Å²) in [7, 11) is 0. The number of hydrogen-bond acceptors (Lipinski definition) is 3. The maximum atomic E-state index is 13.4. The lowest BCUT2D eigenvalue weighted by atomic mass is 9.93. The van der Waals surface area contributed by atoms with Crippen LogP contribution in [0.1, 0.15) is 38.5 Å². The second kappa shape index (κ2) is 9.25. The van der Waals surface area contributed by atoms with Crippen molar-refractivity contribution in [3.05, 3.63) is 30.1 Å². The van der Waals surface area contributed by atoms with Gasteiger partial charge in [0.05, 0.1) is 6.61 Å². The van der Waals surface area contributed by atoms with Gasteiger partial charge in [-0.05, 0) is 43.7 Å². The number of ether oxygens (including phenoxy) is 1. The molecular weight excluding hydrogens is 313 g/mol. The zero-order chi connectivity index (χ0) is 17.4. The van der Waals surface area contributed by atoms with Crippen molar-refractivity contribution in [1.29, 1.82) is 0 Å². The summed E-state index contributed by atoms with van der Waals surface area (Å²) in [5.41, 5.74) is 0. The highest BCUT2D eigenvalue weighted by molar-refractivity contribution is 5.76. The van der Waals surface area contributed by atoms with E-state index in [1.165, 1.54) is 6.07 Å². The second-order valence-corrected chi connectivity index (χ2v) is 6.16. The largest absolute Gasteiger partial charge is 0.491 e. The van der Waals surface area contributed by atoms with Gasteiger partial charge in [0.2, 0.25) is 5.91 Å². The van der Waals surface area contributed by atoms with Crippen LogP contribution in [0.15, 0.2) is 24.3 Å². The second-order valence-electron chi connectivity index (χ2n) is 6.16. The first-order valence-corrected chi connectivity index (χ1v) is 8.43. The fourth-order valence-electron chi connectivity index (χ4n) is 2.98. The summed E-state index contributed by atoms with van der Waals surface area (Å²) >= 11 is 0. The van der Waals surface area contributed by atoms with Crippen molar-refractivity contribution in [2.45, 2.75) is 38.5 Å². The van der Waals surface area contributed by atoms with Gasteiger partial charge in [0.15, 0.2) is 11.6 Å². The average Bonchev–Trinajstić information content (AvgIpc) is 2.58. The Morgan fingerprint density at radius 2 is 2.08 bits per heavy atom. The van der Waals surface area contributed by atoms with E-state index < -0.39 is 11.8 Å². The molecule has 1 atom stereocenters. The molecule has 1 fully saturated rings. The third kappa shape index (κ3) is 5.83. The van der Waals surface area contributed by atoms with E-state index in [0.717, 1.165) is 19.4 Å². The number of carboxylic acids is 1. The summed E-state index contributed by atoms with van der Waals surface area (Å²) in [5, 5.41) is 8.75. The molecule has 1 heterocycles. The number of carboxylic acid groups (broad SMARTS) is 1. The van der Waals surface area contributed by atoms with E-state index in [4.69, 9.17) is 9.84 Å². The molecule has 1 amide bonds. The quantitative estimate of drug-likeness (QED) is 0.740. The summed E-state index contributed by atoms with van der Waals surface area (Å²) in [6.45, 7) is 1.67. The smallest absolute Gasteiger partial charge is 0.303 e. The van der Waals surface area contributed by atoms with Crippen LogP contribution in [0, 0.1) is 11.7 Å². The summed E-state index contributed by atoms with van der Waals surface area (Å²) in [6.07, 6.45) is 3.57. The molecular formula is C18H24FNO4. The van der Waals surface area contributed by atoms with E-state index in [9.17, 15) is 14.0 Å². The molecule has 0 unspecified atom stereocenters. The summed E-state index contributed by atoms with van der Waals surface area (Å²) in [6, 6.07) is 6.21. The molecule has 1 aromatic carbocycles. The number of nitrogens with zero attached hydrogens (tertiary/aromatic N) is 1. The number of carbonyl (C=O) groups is 2. The Labute approximate surface area is 141 Å². The van der Waals surface area contributed by atoms with Gasteiger partial charge in [0.1, 0.15) is 0 Å². The molecule has 1 aromatic rings. The lowest BCUT2D eigenvalue weighted by Gasteiger charge is -2.32. The van der Waals surface area contributed by atoms with Crippen LogP contribution in [0.5, 0.6) is 5.75 Å². The number of amides is 1. The number of rotatable bonds is 8. The molecule has 2 rings (SSSR count). The highest BCUT2D eigenvalue weighted by Gasteiger charge is 2.23. The third-order valence-corrected chi connectivity index (χ3v) is 4.27. The van der Waals surface area contributed by atoms with Crippen molar-refractivity contribution in [3.63, 3.8) is 0 Å². The Morgan fingerprint density at radius 1 is 1.29 bits per heavy atom. The van der Waals surface area contributed by atoms with E-state index >= 15 is 0 Å². The van der Waals surface area contributed by atoms with Gasteiger partial charge >= 0.3 is 5.97 Å². The predicted molar refractivity (Wildman–Crippen MR) is 87.3 cm³/mol. The number of aliphatic carboxylic acids is 1. The van der Waals surface area contributed by atoms with Crippen LogP contribution in [-0.4, -0.2) is 41.6 Å². The Kier molecular flexibility index (Phi) is 7.03. The topological polar surface area (TPSA) is 66.8 Å². The molecule has 0 aromatic heterocycles. The van der Waals surface area contributed by atoms with Crippen molar-refractivity contribution in [2.24, 2.45) is 5.92 Å². The molecule has 5 nitrogen and oxygen atoms in total. The van der Waals surface area contributed by atoms with Crippen LogP contribution >= 0.6 is 0 Å². The molecule has 0 spiro atoms. The molecule has 0 bridgehead atoms. The Bertz CT molecular complexity index is 564. The van der Waals surface area contributed by atoms with Gasteiger partial charge in [-0.2, -0.15) is 0 Å². The number of halogens is 1. The third-order valence-electron chi connectivity index (χ3n) is 4.27. The summed E-state index contributed by atoms with van der Waals surface area (Å²) < 4.78 is 18.7. The van der Waals surface area contributed by atoms with Crippen LogP contribution < -0.4 is 4.74 Å². The van der Waals surface area contributed by atoms with E-state index in [2.05, 4.69) is 0 Å². The maximum Gasteiger partial charge on any atom is 0.303 e. The molecule has 132 valence electrons. The highest BCUT2D eigenvalue weighted by atomic mass is 19.1. The van der Waals surface area contributed by atoms with Crippen LogP contribution in [0.25, 0.3) is 0 Å². The molecule has 0 radical (unpaired) electrons. The van der Waals surface area contributed by atoms with Crippen LogP contribution in [0.3, 0.4) is 0 Å². The number of likely N-dealkylation sites (tertiary alicyclic amines) is 1. The Morgan fingerprint density at radius 3 is 2.83 bits per heavy atom. The van der Waals surface area contributed by atoms with Crippen LogP contribution in [0.2, 0.25) is 0 Å². The van der Waals surface area contributed by atoms with Gasteiger partial charge in [-0.3, -0.25) is 9.59 Å². The SMILES string of the molecule is O=C(O)CC[C@@H]1CCCN(C(=O)CCCOc2ccccc2F)C1. The first-order valence-electron chi connectivity index (χ1n) is 8.43. The van der Waals surface area contributed by atoms with E-state index in [1.54, 1.807) is 18.2 Å². The van der Waals surface area contributed by atoms with Gasteiger partial charge < -0.3 is 14.7 Å². The Hall–Kier alpha value is -2.11. The summed E-state index contributed by atoms with van der Waals surface area (Å²) in [5.74, 6) is -0.651. The lowest BCUT2D eigenvalue weighted by Crippen LogP contribution is -2.40. The zero-order valence-corrected chi connectivity index (χ0v) is 13.7. The van der Waals surface area contributed by atoms with E-state index in [0.29, 0.717) is 32.4 Å². The minimum atomic E-state index is -0.788. The van der Waals surface area contributed by atoms with Crippen molar-refractivity contribution < 1.29 is 23.8 Å². The number of piperidine rings is 1. The number of para-hydroxylation sites is 1. The highest BCUT2D eigenvalue weighted by Crippen LogP contribution is 2.22. The molecule has 1 aliphatic rings. The number of carbonyl (C=O) groups excluding carboxylic acids is 1. The monoisotopic (exact) mass is 337 g/mol. The van der Waals surface area contributed by atoms with Crippen molar-refractivity contribution >= 4 is 11.9 Å². The van der Waals surface area contributed by atoms with Gasteiger partial charge in [-0.1, -0.05) is 12.1 Å². The van der Waals surface area contributed by atoms with Crippen molar-refractivity contribution in [1.82, 2.24) is 4.90 Å². The van der Waals surface area contributed by atoms with Crippen molar-refractivity contribution in [3.8, 4) is 5.75 Å². The molecule has 0 aliphatic carbocycles. The standard InChI is InChI=1S/C18H24FNO4/c19-15-6-1-2-7-16(15)24-12-4-8-17(21)20-11-3-5-14(13-20)9-10-18(22)23/h1-2,6-7,14H,3-5,8-13H2,(H,22,23)/t14-/m0/s1. The fourth-order valence-corrected chi connectivity index (χ4v) is 2.98. The van der Waals surface area contributed by atoms with Crippen LogP contribution in [-0.2, 0) is 9.59 Å². The Balaban J connectivity index is 1.68. The first kappa shape index (κ1) is 18.2. The lowest BCUT2D eigenvalue weighted by molar-refractivity contribution is -0.137. The molecule has 1 N–H and O–H groups in total. The van der Waals surface area contributed by atoms with Gasteiger partial charge in [0.25, 0.3) is 0 Å². The zero-order valence-electron chi connectivity index (χ0n) is 13.7. The molecule has 0 saturated carbocycles. The van der Waals surface area contributed by atoms with Gasteiger partial charge in [-0.15, -0.1) is 0 Å².